The number of rotatable bonds is 4. The van der Waals surface area contributed by atoms with Crippen LogP contribution in [-0.2, 0) is 4.74 Å². The van der Waals surface area contributed by atoms with Crippen LogP contribution in [0.2, 0.25) is 0 Å². The minimum absolute atomic E-state index is 0.171. The Morgan fingerprint density at radius 1 is 1.30 bits per heavy atom. The molecule has 0 aromatic heterocycles. The van der Waals surface area contributed by atoms with Gasteiger partial charge in [0.1, 0.15) is 5.75 Å². The van der Waals surface area contributed by atoms with Crippen LogP contribution in [0.15, 0.2) is 29.3 Å². The molecule has 5 nitrogen and oxygen atoms in total. The minimum Gasteiger partial charge on any atom is -0.497 e. The third-order valence-electron chi connectivity index (χ3n) is 6.77. The fourth-order valence-corrected chi connectivity index (χ4v) is 5.24. The number of nitrogens with one attached hydrogen (secondary N) is 1. The number of likely N-dealkylation sites (tertiary alicyclic amines) is 1. The summed E-state index contributed by atoms with van der Waals surface area (Å²) < 4.78 is 11.2. The van der Waals surface area contributed by atoms with Crippen LogP contribution < -0.4 is 10.1 Å². The second-order valence-corrected chi connectivity index (χ2v) is 8.69. The van der Waals surface area contributed by atoms with Crippen LogP contribution in [-0.4, -0.2) is 56.4 Å². The third kappa shape index (κ3) is 3.31. The van der Waals surface area contributed by atoms with Crippen LogP contribution in [0.1, 0.15) is 45.1 Å². The van der Waals surface area contributed by atoms with Gasteiger partial charge in [-0.05, 0) is 37.5 Å². The van der Waals surface area contributed by atoms with Gasteiger partial charge in [0.05, 0.1) is 13.2 Å². The van der Waals surface area contributed by atoms with Crippen molar-refractivity contribution < 1.29 is 9.47 Å². The molecule has 4 unspecified atom stereocenters. The maximum Gasteiger partial charge on any atom is 0.194 e. The first-order valence-electron chi connectivity index (χ1n) is 10.4. The van der Waals surface area contributed by atoms with E-state index in [0.717, 1.165) is 38.0 Å². The monoisotopic (exact) mass is 371 g/mol. The Balaban J connectivity index is 1.43. The highest BCUT2D eigenvalue weighted by molar-refractivity contribution is 5.81. The molecule has 27 heavy (non-hydrogen) atoms. The van der Waals surface area contributed by atoms with Gasteiger partial charge in [-0.3, -0.25) is 4.99 Å². The van der Waals surface area contributed by atoms with E-state index in [9.17, 15) is 0 Å². The number of nitrogens with zero attached hydrogens (tertiary/aromatic N) is 2. The van der Waals surface area contributed by atoms with Gasteiger partial charge in [0.25, 0.3) is 0 Å². The van der Waals surface area contributed by atoms with Crippen molar-refractivity contribution in [1.82, 2.24) is 10.2 Å². The van der Waals surface area contributed by atoms with Gasteiger partial charge >= 0.3 is 0 Å². The van der Waals surface area contributed by atoms with E-state index in [0.29, 0.717) is 24.0 Å². The van der Waals surface area contributed by atoms with Crippen molar-refractivity contribution in [2.24, 2.45) is 16.3 Å². The molecule has 5 heteroatoms. The van der Waals surface area contributed by atoms with Crippen molar-refractivity contribution in [3.8, 4) is 5.75 Å². The molecule has 0 bridgehead atoms. The molecule has 1 N–H and O–H groups in total. The average Bonchev–Trinajstić information content (AvgIpc) is 3.34. The molecule has 0 amide bonds. The number of guanidine groups is 1. The second-order valence-electron chi connectivity index (χ2n) is 8.69. The Hall–Kier alpha value is -1.75. The topological polar surface area (TPSA) is 46.1 Å². The summed E-state index contributed by atoms with van der Waals surface area (Å²) in [6, 6.07) is 8.98. The Kier molecular flexibility index (Phi) is 5.06. The van der Waals surface area contributed by atoms with E-state index in [1.807, 2.05) is 0 Å². The summed E-state index contributed by atoms with van der Waals surface area (Å²) in [5.74, 6) is 3.18. The highest BCUT2D eigenvalue weighted by Crippen LogP contribution is 2.52. The van der Waals surface area contributed by atoms with Crippen LogP contribution in [0.4, 0.5) is 0 Å². The first kappa shape index (κ1) is 18.6. The third-order valence-corrected chi connectivity index (χ3v) is 6.77. The van der Waals surface area contributed by atoms with Gasteiger partial charge in [-0.15, -0.1) is 0 Å². The molecular weight excluding hydrogens is 338 g/mol. The summed E-state index contributed by atoms with van der Waals surface area (Å²) in [5.41, 5.74) is 1.56. The molecule has 4 rings (SSSR count). The van der Waals surface area contributed by atoms with Gasteiger partial charge in [0.15, 0.2) is 5.96 Å². The fraction of sp³-hybridized carbons (Fsp3) is 0.682. The molecule has 1 saturated carbocycles. The van der Waals surface area contributed by atoms with Crippen LogP contribution >= 0.6 is 0 Å². The molecule has 1 aromatic rings. The maximum atomic E-state index is 5.95. The van der Waals surface area contributed by atoms with E-state index in [-0.39, 0.29) is 5.41 Å². The van der Waals surface area contributed by atoms with E-state index >= 15 is 0 Å². The number of ether oxygens (including phenoxy) is 2. The lowest BCUT2D eigenvalue weighted by Crippen LogP contribution is -2.68. The molecule has 2 saturated heterocycles. The Morgan fingerprint density at radius 3 is 2.78 bits per heavy atom. The Labute approximate surface area is 163 Å². The van der Waals surface area contributed by atoms with Crippen molar-refractivity contribution in [1.29, 1.82) is 0 Å². The number of benzene rings is 1. The molecular formula is C22H33N3O2. The quantitative estimate of drug-likeness (QED) is 0.652. The van der Waals surface area contributed by atoms with Gasteiger partial charge in [-0.25, -0.2) is 0 Å². The van der Waals surface area contributed by atoms with Crippen molar-refractivity contribution in [2.75, 3.05) is 33.4 Å². The smallest absolute Gasteiger partial charge is 0.194 e. The molecule has 2 aliphatic heterocycles. The maximum absolute atomic E-state index is 5.95. The fourth-order valence-electron chi connectivity index (χ4n) is 5.24. The molecule has 1 aliphatic carbocycles. The number of aliphatic imine (C=N–C) groups is 1. The minimum atomic E-state index is 0.171. The van der Waals surface area contributed by atoms with Gasteiger partial charge in [-0.2, -0.15) is 0 Å². The summed E-state index contributed by atoms with van der Waals surface area (Å²) in [5, 5.41) is 3.82. The zero-order chi connectivity index (χ0) is 19.0. The SMILES string of the molecule is CCN=C(NC1C2CCOC2C1(C)C)N1CCC(c2ccc(OC)cc2)C1. The second kappa shape index (κ2) is 7.34. The number of hydrogen-bond donors (Lipinski definition) is 1. The molecule has 0 radical (unpaired) electrons. The first-order valence-corrected chi connectivity index (χ1v) is 10.4. The molecule has 4 atom stereocenters. The van der Waals surface area contributed by atoms with Gasteiger partial charge in [0.2, 0.25) is 0 Å². The molecule has 3 fully saturated rings. The van der Waals surface area contributed by atoms with E-state index < -0.39 is 0 Å². The van der Waals surface area contributed by atoms with E-state index in [1.54, 1.807) is 7.11 Å². The summed E-state index contributed by atoms with van der Waals surface area (Å²) >= 11 is 0. The highest BCUT2D eigenvalue weighted by Gasteiger charge is 2.59. The highest BCUT2D eigenvalue weighted by atomic mass is 16.5. The predicted molar refractivity (Wildman–Crippen MR) is 108 cm³/mol. The molecule has 0 spiro atoms. The van der Waals surface area contributed by atoms with Crippen molar-refractivity contribution in [3.63, 3.8) is 0 Å². The summed E-state index contributed by atoms with van der Waals surface area (Å²) in [7, 11) is 1.72. The Morgan fingerprint density at radius 2 is 2.07 bits per heavy atom. The van der Waals surface area contributed by atoms with Gasteiger partial charge in [0, 0.05) is 49.5 Å². The normalized spacial score (nSPS) is 32.1. The van der Waals surface area contributed by atoms with E-state index in [4.69, 9.17) is 14.5 Å². The number of fused-ring (bicyclic) bond motifs is 1. The van der Waals surface area contributed by atoms with E-state index in [2.05, 4.69) is 55.3 Å². The average molecular weight is 372 g/mol. The lowest BCUT2D eigenvalue weighted by atomic mass is 9.57. The van der Waals surface area contributed by atoms with E-state index in [1.165, 1.54) is 18.4 Å². The molecule has 2 heterocycles. The van der Waals surface area contributed by atoms with Crippen LogP contribution in [0.3, 0.4) is 0 Å². The largest absolute Gasteiger partial charge is 0.497 e. The number of hydrogen-bond acceptors (Lipinski definition) is 3. The van der Waals surface area contributed by atoms with Crippen LogP contribution in [0.5, 0.6) is 5.75 Å². The summed E-state index contributed by atoms with van der Waals surface area (Å²) in [6.07, 6.45) is 2.74. The van der Waals surface area contributed by atoms with Crippen LogP contribution in [0.25, 0.3) is 0 Å². The van der Waals surface area contributed by atoms with Crippen LogP contribution in [0, 0.1) is 11.3 Å². The predicted octanol–water partition coefficient (Wildman–Crippen LogP) is 3.26. The zero-order valence-electron chi connectivity index (χ0n) is 17.1. The standard InChI is InChI=1S/C22H33N3O2/c1-5-23-21(24-19-18-11-13-27-20(18)22(19,2)3)25-12-10-16(14-25)15-6-8-17(26-4)9-7-15/h6-9,16,18-20H,5,10-14H2,1-4H3,(H,23,24). The van der Waals surface area contributed by atoms with Gasteiger partial charge < -0.3 is 19.7 Å². The first-order chi connectivity index (χ1) is 13.0. The summed E-state index contributed by atoms with van der Waals surface area (Å²) in [6.45, 7) is 10.6. The zero-order valence-corrected chi connectivity index (χ0v) is 17.1. The van der Waals surface area contributed by atoms with Crippen molar-refractivity contribution in [3.05, 3.63) is 29.8 Å². The molecule has 148 valence electrons. The number of methoxy groups -OCH3 is 1. The van der Waals surface area contributed by atoms with Crippen molar-refractivity contribution >= 4 is 5.96 Å². The molecule has 1 aromatic carbocycles. The Bertz CT molecular complexity index is 685. The summed E-state index contributed by atoms with van der Waals surface area (Å²) in [4.78, 5) is 7.28. The lowest BCUT2D eigenvalue weighted by molar-refractivity contribution is -0.107. The molecule has 3 aliphatic rings. The van der Waals surface area contributed by atoms with Gasteiger partial charge in [-0.1, -0.05) is 26.0 Å². The van der Waals surface area contributed by atoms with Crippen molar-refractivity contribution in [2.45, 2.75) is 51.7 Å². The lowest BCUT2D eigenvalue weighted by Gasteiger charge is -2.55.